The summed E-state index contributed by atoms with van der Waals surface area (Å²) in [6, 6.07) is 15.9. The number of hydrogen-bond donors (Lipinski definition) is 1. The van der Waals surface area contributed by atoms with Crippen LogP contribution in [-0.4, -0.2) is 45.1 Å². The van der Waals surface area contributed by atoms with Crippen LogP contribution < -0.4 is 10.1 Å². The van der Waals surface area contributed by atoms with Crippen LogP contribution in [0, 0.1) is 0 Å². The van der Waals surface area contributed by atoms with Gasteiger partial charge in [-0.3, -0.25) is 4.79 Å². The van der Waals surface area contributed by atoms with Crippen LogP contribution >= 0.6 is 0 Å². The minimum atomic E-state index is -3.53. The predicted molar refractivity (Wildman–Crippen MR) is 115 cm³/mol. The zero-order valence-corrected chi connectivity index (χ0v) is 18.1. The summed E-state index contributed by atoms with van der Waals surface area (Å²) in [5, 5.41) is 2.88. The fourth-order valence-corrected chi connectivity index (χ4v) is 3.60. The number of sulfonamides is 1. The molecule has 0 aliphatic heterocycles. The Labute approximate surface area is 173 Å². The predicted octanol–water partition coefficient (Wildman–Crippen LogP) is 3.16. The molecule has 0 saturated heterocycles. The summed E-state index contributed by atoms with van der Waals surface area (Å²) in [5.74, 6) is 0.541. The van der Waals surface area contributed by atoms with E-state index in [1.165, 1.54) is 7.05 Å². The fourth-order valence-electron chi connectivity index (χ4n) is 3.00. The van der Waals surface area contributed by atoms with Crippen molar-refractivity contribution >= 4 is 15.9 Å². The number of carbonyl (C=O) groups is 1. The molecule has 0 spiro atoms. The molecular formula is C22H30N2O4S. The number of hydrogen-bond acceptors (Lipinski definition) is 4. The van der Waals surface area contributed by atoms with Crippen LogP contribution in [0.15, 0.2) is 54.6 Å². The number of benzene rings is 2. The van der Waals surface area contributed by atoms with Crippen LogP contribution in [0.1, 0.15) is 36.9 Å². The number of amides is 1. The van der Waals surface area contributed by atoms with Gasteiger partial charge in [0.25, 0.3) is 0 Å². The first-order valence-corrected chi connectivity index (χ1v) is 11.7. The van der Waals surface area contributed by atoms with E-state index in [2.05, 4.69) is 12.2 Å². The summed E-state index contributed by atoms with van der Waals surface area (Å²) in [7, 11) is -2.10. The second-order valence-corrected chi connectivity index (χ2v) is 8.99. The third kappa shape index (κ3) is 6.87. The van der Waals surface area contributed by atoms with E-state index in [-0.39, 0.29) is 5.91 Å². The lowest BCUT2D eigenvalue weighted by Gasteiger charge is -2.25. The van der Waals surface area contributed by atoms with Crippen LogP contribution in [0.2, 0.25) is 0 Å². The number of ether oxygens (including phenoxy) is 1. The first kappa shape index (κ1) is 22.9. The molecule has 0 aliphatic carbocycles. The summed E-state index contributed by atoms with van der Waals surface area (Å²) in [6.45, 7) is 3.18. The Hall–Kier alpha value is -2.38. The van der Waals surface area contributed by atoms with Gasteiger partial charge in [0, 0.05) is 13.6 Å². The minimum Gasteiger partial charge on any atom is -0.493 e. The van der Waals surface area contributed by atoms with Crippen LogP contribution in [-0.2, 0) is 21.2 Å². The van der Waals surface area contributed by atoms with Crippen molar-refractivity contribution in [2.24, 2.45) is 0 Å². The zero-order valence-electron chi connectivity index (χ0n) is 17.3. The van der Waals surface area contributed by atoms with E-state index < -0.39 is 16.1 Å². The lowest BCUT2D eigenvalue weighted by atomic mass is 10.1. The summed E-state index contributed by atoms with van der Waals surface area (Å²) >= 11 is 0. The maximum atomic E-state index is 12.8. The molecule has 1 N–H and O–H groups in total. The molecule has 2 aromatic rings. The summed E-state index contributed by atoms with van der Waals surface area (Å²) < 4.78 is 30.9. The van der Waals surface area contributed by atoms with E-state index in [0.29, 0.717) is 18.7 Å². The molecule has 1 atom stereocenters. The number of carbonyl (C=O) groups excluding carboxylic acids is 1. The van der Waals surface area contributed by atoms with Crippen molar-refractivity contribution in [2.45, 2.75) is 32.2 Å². The van der Waals surface area contributed by atoms with Crippen LogP contribution in [0.4, 0.5) is 0 Å². The van der Waals surface area contributed by atoms with E-state index in [9.17, 15) is 13.2 Å². The van der Waals surface area contributed by atoms with Crippen LogP contribution in [0.5, 0.6) is 5.75 Å². The largest absolute Gasteiger partial charge is 0.493 e. The molecule has 7 heteroatoms. The Kier molecular flexibility index (Phi) is 8.67. The Morgan fingerprint density at radius 1 is 1.10 bits per heavy atom. The third-order valence-corrected chi connectivity index (χ3v) is 5.86. The number of para-hydroxylation sites is 1. The maximum Gasteiger partial charge on any atom is 0.242 e. The molecule has 0 aliphatic rings. The van der Waals surface area contributed by atoms with Gasteiger partial charge in [-0.1, -0.05) is 55.5 Å². The van der Waals surface area contributed by atoms with Crippen molar-refractivity contribution in [3.05, 3.63) is 65.7 Å². The Morgan fingerprint density at radius 3 is 2.41 bits per heavy atom. The van der Waals surface area contributed by atoms with Gasteiger partial charge in [0.05, 0.1) is 12.9 Å². The van der Waals surface area contributed by atoms with Gasteiger partial charge in [-0.05, 0) is 36.5 Å². The van der Waals surface area contributed by atoms with Crippen molar-refractivity contribution in [3.63, 3.8) is 0 Å². The molecule has 1 amide bonds. The second-order valence-electron chi connectivity index (χ2n) is 6.94. The normalized spacial score (nSPS) is 12.6. The summed E-state index contributed by atoms with van der Waals surface area (Å²) in [5.41, 5.74) is 1.74. The van der Waals surface area contributed by atoms with Gasteiger partial charge < -0.3 is 10.1 Å². The second kappa shape index (κ2) is 11.0. The van der Waals surface area contributed by atoms with E-state index >= 15 is 0 Å². The number of likely N-dealkylation sites (N-methyl/N-ethyl adjacent to an activating group) is 1. The SMILES string of the molecule is CCCOc1ccccc1CCCNC(=O)[C@@H](c1ccccc1)N(C)S(C)(=O)=O. The topological polar surface area (TPSA) is 75.7 Å². The molecular weight excluding hydrogens is 388 g/mol. The molecule has 158 valence electrons. The quantitative estimate of drug-likeness (QED) is 0.569. The standard InChI is InChI=1S/C22H30N2O4S/c1-4-17-28-20-15-9-8-11-18(20)14-10-16-23-22(25)21(24(2)29(3,26)27)19-12-6-5-7-13-19/h5-9,11-13,15,21H,4,10,14,16-17H2,1-3H3,(H,23,25)/t21-/m1/s1. The highest BCUT2D eigenvalue weighted by Gasteiger charge is 2.30. The van der Waals surface area contributed by atoms with Gasteiger partial charge in [-0.25, -0.2) is 8.42 Å². The Morgan fingerprint density at radius 2 is 1.76 bits per heavy atom. The highest BCUT2D eigenvalue weighted by atomic mass is 32.2. The van der Waals surface area contributed by atoms with Crippen LogP contribution in [0.3, 0.4) is 0 Å². The van der Waals surface area contributed by atoms with E-state index in [1.807, 2.05) is 30.3 Å². The van der Waals surface area contributed by atoms with Crippen molar-refractivity contribution in [1.82, 2.24) is 9.62 Å². The summed E-state index contributed by atoms with van der Waals surface area (Å²) in [6.07, 6.45) is 3.53. The molecule has 29 heavy (non-hydrogen) atoms. The number of rotatable bonds is 11. The molecule has 0 fully saturated rings. The molecule has 0 radical (unpaired) electrons. The number of aryl methyl sites for hydroxylation is 1. The first-order valence-electron chi connectivity index (χ1n) is 9.81. The molecule has 0 unspecified atom stereocenters. The van der Waals surface area contributed by atoms with Crippen molar-refractivity contribution < 1.29 is 17.9 Å². The fraction of sp³-hybridized carbons (Fsp3) is 0.409. The van der Waals surface area contributed by atoms with E-state index in [0.717, 1.165) is 41.1 Å². The van der Waals surface area contributed by atoms with Gasteiger partial charge in [0.1, 0.15) is 11.8 Å². The summed E-state index contributed by atoms with van der Waals surface area (Å²) in [4.78, 5) is 12.8. The average molecular weight is 419 g/mol. The Bertz CT molecular complexity index is 885. The molecule has 2 aromatic carbocycles. The van der Waals surface area contributed by atoms with E-state index in [1.54, 1.807) is 24.3 Å². The lowest BCUT2D eigenvalue weighted by Crippen LogP contribution is -2.41. The lowest BCUT2D eigenvalue weighted by molar-refractivity contribution is -0.124. The zero-order chi connectivity index (χ0) is 21.3. The number of nitrogens with zero attached hydrogens (tertiary/aromatic N) is 1. The van der Waals surface area contributed by atoms with Crippen LogP contribution in [0.25, 0.3) is 0 Å². The molecule has 6 nitrogen and oxygen atoms in total. The third-order valence-electron chi connectivity index (χ3n) is 4.61. The van der Waals surface area contributed by atoms with Crippen molar-refractivity contribution in [3.8, 4) is 5.75 Å². The maximum absolute atomic E-state index is 12.8. The van der Waals surface area contributed by atoms with Gasteiger partial charge in [-0.2, -0.15) is 4.31 Å². The first-order chi connectivity index (χ1) is 13.8. The molecule has 0 aromatic heterocycles. The van der Waals surface area contributed by atoms with Crippen molar-refractivity contribution in [1.29, 1.82) is 0 Å². The van der Waals surface area contributed by atoms with Gasteiger partial charge in [0.15, 0.2) is 0 Å². The minimum absolute atomic E-state index is 0.334. The Balaban J connectivity index is 1.99. The van der Waals surface area contributed by atoms with Gasteiger partial charge in [0.2, 0.25) is 15.9 Å². The van der Waals surface area contributed by atoms with Gasteiger partial charge in [-0.15, -0.1) is 0 Å². The molecule has 0 saturated carbocycles. The molecule has 0 bridgehead atoms. The average Bonchev–Trinajstić information content (AvgIpc) is 2.70. The van der Waals surface area contributed by atoms with E-state index in [4.69, 9.17) is 4.74 Å². The highest BCUT2D eigenvalue weighted by molar-refractivity contribution is 7.88. The molecule has 0 heterocycles. The van der Waals surface area contributed by atoms with Crippen molar-refractivity contribution in [2.75, 3.05) is 26.5 Å². The highest BCUT2D eigenvalue weighted by Crippen LogP contribution is 2.22. The smallest absolute Gasteiger partial charge is 0.242 e. The monoisotopic (exact) mass is 418 g/mol. The van der Waals surface area contributed by atoms with Gasteiger partial charge >= 0.3 is 0 Å². The number of nitrogens with one attached hydrogen (secondary N) is 1. The molecule has 2 rings (SSSR count).